The van der Waals surface area contributed by atoms with E-state index in [9.17, 15) is 43.5 Å². The summed E-state index contributed by atoms with van der Waals surface area (Å²) in [6.45, 7) is 32.2. The van der Waals surface area contributed by atoms with Gasteiger partial charge in [0.25, 0.3) is 5.91 Å². The van der Waals surface area contributed by atoms with Gasteiger partial charge in [-0.1, -0.05) is 104 Å². The molecule has 2 aliphatic rings. The van der Waals surface area contributed by atoms with E-state index < -0.39 is 162 Å². The maximum atomic E-state index is 15.4. The van der Waals surface area contributed by atoms with E-state index in [2.05, 4.69) is 26.2 Å². The number of esters is 1. The maximum Gasteiger partial charge on any atom is 0.329 e. The molecule has 534 valence electrons. The van der Waals surface area contributed by atoms with Gasteiger partial charge in [0.15, 0.2) is 6.10 Å². The van der Waals surface area contributed by atoms with E-state index in [1.54, 1.807) is 34.6 Å². The van der Waals surface area contributed by atoms with Crippen LogP contribution in [0, 0.1) is 47.3 Å². The van der Waals surface area contributed by atoms with Crippen molar-refractivity contribution in [3.8, 4) is 0 Å². The minimum absolute atomic E-state index is 0.0908. The van der Waals surface area contributed by atoms with Gasteiger partial charge in [0.05, 0.1) is 32.0 Å². The molecule has 0 saturated carbocycles. The highest BCUT2D eigenvalue weighted by atomic mass is 16.6. The Kier molecular flexibility index (Phi) is 34.4. The van der Waals surface area contributed by atoms with E-state index in [1.807, 2.05) is 69.2 Å². The Balaban J connectivity index is 3.05. The van der Waals surface area contributed by atoms with Crippen molar-refractivity contribution in [1.29, 1.82) is 0 Å². The molecule has 2 heterocycles. The molecule has 93 heavy (non-hydrogen) atoms. The first-order valence-electron chi connectivity index (χ1n) is 33.6. The second kappa shape index (κ2) is 38.5. The summed E-state index contributed by atoms with van der Waals surface area (Å²) in [4.78, 5) is 172. The van der Waals surface area contributed by atoms with Crippen LogP contribution >= 0.6 is 0 Å². The predicted octanol–water partition coefficient (Wildman–Crippen LogP) is 2.76. The smallest absolute Gasteiger partial charge is 0.329 e. The lowest BCUT2D eigenvalue weighted by Crippen LogP contribution is -2.64. The number of likely N-dealkylation sites (N-methyl/N-ethyl adjacent to an activating group) is 6. The third-order valence-corrected chi connectivity index (χ3v) is 17.7. The van der Waals surface area contributed by atoms with Crippen molar-refractivity contribution >= 4 is 65.0 Å². The highest BCUT2D eigenvalue weighted by Crippen LogP contribution is 2.25. The third kappa shape index (κ3) is 24.6. The largest absolute Gasteiger partial charge is 0.450 e. The number of morpholine rings is 1. The Labute approximate surface area is 555 Å². The van der Waals surface area contributed by atoms with Gasteiger partial charge in [0, 0.05) is 62.5 Å². The lowest BCUT2D eigenvalue weighted by Gasteiger charge is -2.40. The summed E-state index contributed by atoms with van der Waals surface area (Å²) in [6, 6.07) is -11.9. The fraction of sp³-hybridized carbons (Fsp3) is 0.836. The Morgan fingerprint density at radius 2 is 0.914 bits per heavy atom. The molecule has 13 atom stereocenters. The van der Waals surface area contributed by atoms with Crippen molar-refractivity contribution in [1.82, 2.24) is 55.6 Å². The van der Waals surface area contributed by atoms with E-state index in [0.29, 0.717) is 39.3 Å². The summed E-state index contributed by atoms with van der Waals surface area (Å²) in [5.74, 6) is -11.0. The van der Waals surface area contributed by atoms with Crippen LogP contribution in [0.25, 0.3) is 0 Å². The molecule has 2 saturated heterocycles. The van der Waals surface area contributed by atoms with Crippen molar-refractivity contribution in [3.05, 3.63) is 0 Å². The molecule has 26 nitrogen and oxygen atoms in total. The summed E-state index contributed by atoms with van der Waals surface area (Å²) in [7, 11) is 9.67. The zero-order valence-corrected chi connectivity index (χ0v) is 60.8. The number of nitrogens with one attached hydrogen (secondary N) is 4. The molecule has 0 spiro atoms. The molecule has 2 aliphatic heterocycles. The lowest BCUT2D eigenvalue weighted by atomic mass is 9.91. The number of carbonyl (C=O) groups excluding carboxylic acids is 11. The number of nitrogens with zero attached hydrogens (tertiary/aromatic N) is 7. The van der Waals surface area contributed by atoms with Crippen LogP contribution in [0.3, 0.4) is 0 Å². The first kappa shape index (κ1) is 83.1. The summed E-state index contributed by atoms with van der Waals surface area (Å²) < 4.78 is 17.1. The molecule has 0 aromatic carbocycles. The molecule has 5 N–H and O–H groups in total. The average Bonchev–Trinajstić information content (AvgIpc) is 0.835. The van der Waals surface area contributed by atoms with Gasteiger partial charge in [-0.25, -0.2) is 4.79 Å². The van der Waals surface area contributed by atoms with Gasteiger partial charge >= 0.3 is 5.97 Å². The van der Waals surface area contributed by atoms with Crippen LogP contribution in [0.15, 0.2) is 0 Å². The Morgan fingerprint density at radius 3 is 1.34 bits per heavy atom. The quantitative estimate of drug-likeness (QED) is 0.116. The van der Waals surface area contributed by atoms with E-state index in [4.69, 9.17) is 14.2 Å². The summed E-state index contributed by atoms with van der Waals surface area (Å²) in [6.07, 6.45) is -3.12. The average molecular weight is 1320 g/mol. The monoisotopic (exact) mass is 1320 g/mol. The second-order valence-corrected chi connectivity index (χ2v) is 28.9. The summed E-state index contributed by atoms with van der Waals surface area (Å²) >= 11 is 0. The number of aliphatic hydroxyl groups is 1. The molecule has 10 amide bonds. The van der Waals surface area contributed by atoms with E-state index in [-0.39, 0.29) is 61.7 Å². The molecule has 2 fully saturated rings. The van der Waals surface area contributed by atoms with Gasteiger partial charge in [0.1, 0.15) is 54.4 Å². The molecule has 26 heteroatoms. The molecule has 0 aromatic heterocycles. The molecule has 0 unspecified atom stereocenters. The van der Waals surface area contributed by atoms with Crippen molar-refractivity contribution in [2.24, 2.45) is 47.3 Å². The number of carbonyl (C=O) groups is 11. The van der Waals surface area contributed by atoms with Crippen molar-refractivity contribution in [2.45, 2.75) is 229 Å². The van der Waals surface area contributed by atoms with E-state index in [1.165, 1.54) is 82.8 Å². The molecular formula is C67H121N11O15. The highest BCUT2D eigenvalue weighted by Gasteiger charge is 2.46. The molecule has 0 bridgehead atoms. The van der Waals surface area contributed by atoms with Gasteiger partial charge in [-0.15, -0.1) is 0 Å². The number of cyclic esters (lactones) is 1. The zero-order chi connectivity index (χ0) is 71.4. The Bertz CT molecular complexity index is 2490. The van der Waals surface area contributed by atoms with E-state index >= 15 is 14.4 Å². The molecule has 2 rings (SSSR count). The zero-order valence-electron chi connectivity index (χ0n) is 60.8. The SMILES string of the molecule is CO[C@H](C)[C@@H]1NC(=O)[C@H]([C@H](O)[C@H](C)CCN2CCOCC2)N(C)C(=O)[C@H](C(C)C)N(C)C(=O)[C@@H](CC(C)C)NC(=O)[C@H](CC(C)C)N(C)C(=O)[C@@H](C(C)C)OC(=O)[C@H](C)NC(=O)[C@H](CC(C)C)N(C)C(=O)[C@H](CC(C)C)NC(=O)[C@H](CC(C)C)N(C)C(=O)CN(C)C1=O. The Hall–Kier alpha value is -5.99. The van der Waals surface area contributed by atoms with Crippen LogP contribution in [0.4, 0.5) is 0 Å². The fourth-order valence-corrected chi connectivity index (χ4v) is 11.8. The number of methoxy groups -OCH3 is 1. The van der Waals surface area contributed by atoms with Gasteiger partial charge in [-0.3, -0.25) is 52.8 Å². The summed E-state index contributed by atoms with van der Waals surface area (Å²) in [5, 5.41) is 23.7. The number of hydrogen-bond acceptors (Lipinski definition) is 16. The highest BCUT2D eigenvalue weighted by molar-refractivity contribution is 5.99. The summed E-state index contributed by atoms with van der Waals surface area (Å²) in [5.41, 5.74) is 0. The van der Waals surface area contributed by atoms with Gasteiger partial charge in [-0.2, -0.15) is 0 Å². The third-order valence-electron chi connectivity index (χ3n) is 17.7. The van der Waals surface area contributed by atoms with Crippen molar-refractivity contribution < 1.29 is 72.1 Å². The number of ether oxygens (including phenoxy) is 3. The van der Waals surface area contributed by atoms with Crippen LogP contribution in [-0.2, 0) is 67.0 Å². The van der Waals surface area contributed by atoms with E-state index in [0.717, 1.165) is 9.80 Å². The second-order valence-electron chi connectivity index (χ2n) is 28.9. The minimum Gasteiger partial charge on any atom is -0.450 e. The molecule has 0 aliphatic carbocycles. The van der Waals surface area contributed by atoms with Gasteiger partial charge in [-0.05, 0) is 106 Å². The number of aliphatic hydroxyl groups excluding tert-OH is 1. The van der Waals surface area contributed by atoms with Crippen LogP contribution in [0.2, 0.25) is 0 Å². The van der Waals surface area contributed by atoms with Gasteiger partial charge in [0.2, 0.25) is 53.2 Å². The Morgan fingerprint density at radius 1 is 0.495 bits per heavy atom. The van der Waals surface area contributed by atoms with Crippen LogP contribution in [-0.4, -0.2) is 266 Å². The number of rotatable bonds is 19. The number of amides is 10. The lowest BCUT2D eigenvalue weighted by molar-refractivity contribution is -0.166. The van der Waals surface area contributed by atoms with Crippen LogP contribution in [0.5, 0.6) is 0 Å². The minimum atomic E-state index is -1.69. The standard InChI is InChI=1S/C67H121N11O15/c1-37(2)31-47-62(85)74(20)50(34-40(7)8)58(81)68-45(16)67(90)93-57(43(13)14)66(89)75(21)51(35-41(9)10)60(83)70-48(32-38(3)4)63(86)76(22)54(42(11)12)65(88)77(23)55(56(80)44(15)25-26-78-27-29-92-30-28-78)61(84)71-53(46(17)91-24)64(87)72(18)36-52(79)73(19)49(33-39(5)6)59(82)69-47/h37-51,53-57,80H,25-36H2,1-24H3,(H,68,81)(H,69,82)(H,70,83)(H,71,84)/t44-,45+,46-,47+,48-,49+,50+,51+,53+,54+,55+,56-,57-/m1/s1. The normalized spacial score (nSPS) is 27.0. The fourth-order valence-electron chi connectivity index (χ4n) is 11.8. The molecule has 0 radical (unpaired) electrons. The topological polar surface area (TPSA) is 306 Å². The first-order chi connectivity index (χ1) is 43.1. The maximum absolute atomic E-state index is 15.4. The van der Waals surface area contributed by atoms with Crippen LogP contribution < -0.4 is 21.3 Å². The molecular weight excluding hydrogens is 1200 g/mol. The van der Waals surface area contributed by atoms with Gasteiger partial charge < -0.3 is 70.0 Å². The van der Waals surface area contributed by atoms with Crippen LogP contribution in [0.1, 0.15) is 156 Å². The van der Waals surface area contributed by atoms with Crippen molar-refractivity contribution in [2.75, 3.05) is 88.8 Å². The molecule has 0 aromatic rings. The number of hydrogen-bond donors (Lipinski definition) is 5. The first-order valence-corrected chi connectivity index (χ1v) is 33.6. The predicted molar refractivity (Wildman–Crippen MR) is 354 cm³/mol. The van der Waals surface area contributed by atoms with Crippen molar-refractivity contribution in [3.63, 3.8) is 0 Å².